The van der Waals surface area contributed by atoms with Crippen molar-refractivity contribution in [3.8, 4) is 17.2 Å². The van der Waals surface area contributed by atoms with Crippen molar-refractivity contribution in [2.24, 2.45) is 0 Å². The maximum absolute atomic E-state index is 12.2. The van der Waals surface area contributed by atoms with Gasteiger partial charge in [-0.05, 0) is 56.2 Å². The highest BCUT2D eigenvalue weighted by atomic mass is 16.5. The second kappa shape index (κ2) is 10.7. The highest BCUT2D eigenvalue weighted by Gasteiger charge is 2.17. The molecule has 0 atom stereocenters. The monoisotopic (exact) mass is 448 g/mol. The topological polar surface area (TPSA) is 94.5 Å². The number of anilines is 1. The van der Waals surface area contributed by atoms with E-state index in [-0.39, 0.29) is 31.0 Å². The van der Waals surface area contributed by atoms with E-state index < -0.39 is 0 Å². The molecule has 1 aliphatic rings. The number of carbonyl (C=O) groups excluding carboxylic acids is 2. The molecule has 1 saturated carbocycles. The van der Waals surface area contributed by atoms with Gasteiger partial charge < -0.3 is 20.1 Å². The molecule has 8 heteroatoms. The molecular weight excluding hydrogens is 420 g/mol. The van der Waals surface area contributed by atoms with Crippen molar-refractivity contribution in [2.45, 2.75) is 45.2 Å². The Morgan fingerprint density at radius 1 is 0.970 bits per heavy atom. The molecular formula is C25H28N4O4. The standard InChI is InChI=1S/C25H28N4O4/c1-18-6-8-22(9-7-18)33-23-12-10-21(11-13-23)32-17-25(31)28-20-14-26-29(15-20)16-24(30)27-19-4-2-3-5-19/h6-15,19H,2-5,16-17H2,1H3,(H,27,30)(H,28,31). The first-order valence-electron chi connectivity index (χ1n) is 11.1. The average molecular weight is 449 g/mol. The molecule has 0 unspecified atom stereocenters. The Labute approximate surface area is 192 Å². The summed E-state index contributed by atoms with van der Waals surface area (Å²) in [5.41, 5.74) is 1.68. The van der Waals surface area contributed by atoms with Gasteiger partial charge in [-0.1, -0.05) is 30.5 Å². The summed E-state index contributed by atoms with van der Waals surface area (Å²) in [6, 6.07) is 15.1. The second-order valence-electron chi connectivity index (χ2n) is 8.20. The highest BCUT2D eigenvalue weighted by molar-refractivity contribution is 5.91. The number of benzene rings is 2. The minimum atomic E-state index is -0.315. The van der Waals surface area contributed by atoms with Crippen molar-refractivity contribution < 1.29 is 19.1 Å². The zero-order valence-electron chi connectivity index (χ0n) is 18.6. The molecule has 1 aliphatic carbocycles. The molecule has 2 N–H and O–H groups in total. The molecule has 0 radical (unpaired) electrons. The van der Waals surface area contributed by atoms with E-state index >= 15 is 0 Å². The average Bonchev–Trinajstić information content (AvgIpc) is 3.47. The third-order valence-corrected chi connectivity index (χ3v) is 5.39. The lowest BCUT2D eigenvalue weighted by Crippen LogP contribution is -2.35. The lowest BCUT2D eigenvalue weighted by molar-refractivity contribution is -0.122. The third-order valence-electron chi connectivity index (χ3n) is 5.39. The van der Waals surface area contributed by atoms with E-state index in [1.165, 1.54) is 16.4 Å². The van der Waals surface area contributed by atoms with Crippen LogP contribution in [-0.4, -0.2) is 34.2 Å². The van der Waals surface area contributed by atoms with Crippen LogP contribution < -0.4 is 20.1 Å². The Kier molecular flexibility index (Phi) is 7.24. The molecule has 8 nitrogen and oxygen atoms in total. The van der Waals surface area contributed by atoms with Crippen molar-refractivity contribution in [3.63, 3.8) is 0 Å². The molecule has 1 fully saturated rings. The van der Waals surface area contributed by atoms with Crippen LogP contribution in [0, 0.1) is 6.92 Å². The number of aromatic nitrogens is 2. The van der Waals surface area contributed by atoms with Crippen molar-refractivity contribution >= 4 is 17.5 Å². The van der Waals surface area contributed by atoms with Crippen LogP contribution in [0.25, 0.3) is 0 Å². The van der Waals surface area contributed by atoms with Crippen molar-refractivity contribution in [1.82, 2.24) is 15.1 Å². The molecule has 2 amide bonds. The first-order chi connectivity index (χ1) is 16.0. The summed E-state index contributed by atoms with van der Waals surface area (Å²) in [6.07, 6.45) is 7.54. The zero-order valence-corrected chi connectivity index (χ0v) is 18.6. The van der Waals surface area contributed by atoms with Gasteiger partial charge in [0.2, 0.25) is 5.91 Å². The van der Waals surface area contributed by atoms with Crippen LogP contribution in [0.5, 0.6) is 17.2 Å². The lowest BCUT2D eigenvalue weighted by Gasteiger charge is -2.11. The molecule has 0 bridgehead atoms. The number of amides is 2. The number of ether oxygens (including phenoxy) is 2. The van der Waals surface area contributed by atoms with Gasteiger partial charge in [-0.3, -0.25) is 14.3 Å². The van der Waals surface area contributed by atoms with Gasteiger partial charge in [0, 0.05) is 12.2 Å². The summed E-state index contributed by atoms with van der Waals surface area (Å²) in [6.45, 7) is 2.00. The first-order valence-corrected chi connectivity index (χ1v) is 11.1. The van der Waals surface area contributed by atoms with E-state index in [9.17, 15) is 9.59 Å². The predicted molar refractivity (Wildman–Crippen MR) is 124 cm³/mol. The van der Waals surface area contributed by atoms with E-state index in [1.807, 2.05) is 31.2 Å². The molecule has 4 rings (SSSR count). The maximum atomic E-state index is 12.2. The quantitative estimate of drug-likeness (QED) is 0.515. The van der Waals surface area contributed by atoms with Gasteiger partial charge in [-0.25, -0.2) is 0 Å². The molecule has 33 heavy (non-hydrogen) atoms. The first kappa shape index (κ1) is 22.4. The molecule has 1 aromatic heterocycles. The molecule has 2 aromatic carbocycles. The Bertz CT molecular complexity index is 1070. The van der Waals surface area contributed by atoms with Crippen LogP contribution in [0.15, 0.2) is 60.9 Å². The Morgan fingerprint density at radius 3 is 2.30 bits per heavy atom. The molecule has 1 heterocycles. The number of aryl methyl sites for hydroxylation is 1. The van der Waals surface area contributed by atoms with E-state index in [1.54, 1.807) is 30.5 Å². The van der Waals surface area contributed by atoms with E-state index in [2.05, 4.69) is 15.7 Å². The van der Waals surface area contributed by atoms with E-state index in [0.29, 0.717) is 17.2 Å². The van der Waals surface area contributed by atoms with Crippen LogP contribution in [0.1, 0.15) is 31.2 Å². The van der Waals surface area contributed by atoms with Crippen LogP contribution >= 0.6 is 0 Å². The molecule has 0 spiro atoms. The Balaban J connectivity index is 1.20. The Hall–Kier alpha value is -3.81. The number of rotatable bonds is 9. The third kappa shape index (κ3) is 6.83. The molecule has 3 aromatic rings. The van der Waals surface area contributed by atoms with Crippen LogP contribution in [0.4, 0.5) is 5.69 Å². The minimum Gasteiger partial charge on any atom is -0.484 e. The number of hydrogen-bond donors (Lipinski definition) is 2. The highest BCUT2D eigenvalue weighted by Crippen LogP contribution is 2.24. The van der Waals surface area contributed by atoms with Gasteiger partial charge in [-0.15, -0.1) is 0 Å². The van der Waals surface area contributed by atoms with Gasteiger partial charge in [0.15, 0.2) is 6.61 Å². The van der Waals surface area contributed by atoms with E-state index in [0.717, 1.165) is 31.4 Å². The SMILES string of the molecule is Cc1ccc(Oc2ccc(OCC(=O)Nc3cnn(CC(=O)NC4CCCC4)c3)cc2)cc1. The lowest BCUT2D eigenvalue weighted by atomic mass is 10.2. The van der Waals surface area contributed by atoms with Gasteiger partial charge in [-0.2, -0.15) is 5.10 Å². The minimum absolute atomic E-state index is 0.0685. The van der Waals surface area contributed by atoms with Crippen molar-refractivity contribution in [1.29, 1.82) is 0 Å². The van der Waals surface area contributed by atoms with Crippen molar-refractivity contribution in [2.75, 3.05) is 11.9 Å². The van der Waals surface area contributed by atoms with Crippen LogP contribution in [-0.2, 0) is 16.1 Å². The van der Waals surface area contributed by atoms with Crippen LogP contribution in [0.2, 0.25) is 0 Å². The number of carbonyl (C=O) groups is 2. The summed E-state index contributed by atoms with van der Waals surface area (Å²) in [4.78, 5) is 24.3. The zero-order chi connectivity index (χ0) is 23.0. The summed E-state index contributed by atoms with van der Waals surface area (Å²) >= 11 is 0. The Morgan fingerprint density at radius 2 is 1.61 bits per heavy atom. The second-order valence-corrected chi connectivity index (χ2v) is 8.20. The number of hydrogen-bond acceptors (Lipinski definition) is 5. The fourth-order valence-corrected chi connectivity index (χ4v) is 3.70. The summed E-state index contributed by atoms with van der Waals surface area (Å²) in [5.74, 6) is 1.61. The molecule has 0 aliphatic heterocycles. The maximum Gasteiger partial charge on any atom is 0.262 e. The number of nitrogens with one attached hydrogen (secondary N) is 2. The normalized spacial score (nSPS) is 13.5. The summed E-state index contributed by atoms with van der Waals surface area (Å²) in [5, 5.41) is 9.88. The summed E-state index contributed by atoms with van der Waals surface area (Å²) in [7, 11) is 0. The van der Waals surface area contributed by atoms with Crippen molar-refractivity contribution in [3.05, 3.63) is 66.5 Å². The number of nitrogens with zero attached hydrogens (tertiary/aromatic N) is 2. The molecule has 172 valence electrons. The van der Waals surface area contributed by atoms with Gasteiger partial charge in [0.25, 0.3) is 5.91 Å². The van der Waals surface area contributed by atoms with Crippen LogP contribution in [0.3, 0.4) is 0 Å². The largest absolute Gasteiger partial charge is 0.484 e. The van der Waals surface area contributed by atoms with Gasteiger partial charge in [0.05, 0.1) is 11.9 Å². The van der Waals surface area contributed by atoms with Gasteiger partial charge in [0.1, 0.15) is 23.8 Å². The fraction of sp³-hybridized carbons (Fsp3) is 0.320. The molecule has 0 saturated heterocycles. The van der Waals surface area contributed by atoms with E-state index in [4.69, 9.17) is 9.47 Å². The van der Waals surface area contributed by atoms with Gasteiger partial charge >= 0.3 is 0 Å². The summed E-state index contributed by atoms with van der Waals surface area (Å²) < 4.78 is 12.8. The predicted octanol–water partition coefficient (Wildman–Crippen LogP) is 4.06. The smallest absolute Gasteiger partial charge is 0.262 e. The fourth-order valence-electron chi connectivity index (χ4n) is 3.70.